The van der Waals surface area contributed by atoms with E-state index in [1.807, 2.05) is 6.92 Å². The van der Waals surface area contributed by atoms with Crippen LogP contribution < -0.4 is 5.32 Å². The van der Waals surface area contributed by atoms with Crippen molar-refractivity contribution in [1.29, 1.82) is 0 Å². The summed E-state index contributed by atoms with van der Waals surface area (Å²) in [5.41, 5.74) is 1.40. The molecule has 0 aliphatic rings. The molecular weight excluding hydrogens is 244 g/mol. The van der Waals surface area contributed by atoms with Crippen molar-refractivity contribution in [2.75, 3.05) is 11.9 Å². The van der Waals surface area contributed by atoms with Crippen LogP contribution in [0, 0.1) is 10.1 Å². The molecule has 0 radical (unpaired) electrons. The molecule has 0 amide bonds. The molecular formula is C13H14N4O2. The molecule has 0 fully saturated rings. The van der Waals surface area contributed by atoms with Crippen LogP contribution in [-0.4, -0.2) is 21.4 Å². The molecule has 0 saturated heterocycles. The molecule has 0 unspecified atom stereocenters. The van der Waals surface area contributed by atoms with Crippen molar-refractivity contribution < 1.29 is 4.92 Å². The van der Waals surface area contributed by atoms with Gasteiger partial charge in [-0.05, 0) is 18.6 Å². The summed E-state index contributed by atoms with van der Waals surface area (Å²) < 4.78 is 0. The number of pyridine rings is 2. The minimum Gasteiger partial charge on any atom is -0.370 e. The normalized spacial score (nSPS) is 10.2. The van der Waals surface area contributed by atoms with Crippen molar-refractivity contribution >= 4 is 11.5 Å². The van der Waals surface area contributed by atoms with Gasteiger partial charge in [0.1, 0.15) is 5.82 Å². The number of hydrogen-bond acceptors (Lipinski definition) is 5. The SMILES string of the molecule is CCCNc1cc([N+](=O)[O-])cc(-c2ccncc2)n1. The maximum Gasteiger partial charge on any atom is 0.275 e. The van der Waals surface area contributed by atoms with Gasteiger partial charge in [-0.15, -0.1) is 0 Å². The summed E-state index contributed by atoms with van der Waals surface area (Å²) in [5, 5.41) is 14.0. The van der Waals surface area contributed by atoms with E-state index in [2.05, 4.69) is 15.3 Å². The van der Waals surface area contributed by atoms with Gasteiger partial charge in [0.15, 0.2) is 0 Å². The molecule has 2 rings (SSSR count). The van der Waals surface area contributed by atoms with E-state index in [9.17, 15) is 10.1 Å². The molecule has 0 spiro atoms. The molecule has 0 aliphatic carbocycles. The lowest BCUT2D eigenvalue weighted by molar-refractivity contribution is -0.384. The molecule has 98 valence electrons. The molecule has 0 aliphatic heterocycles. The maximum absolute atomic E-state index is 10.9. The van der Waals surface area contributed by atoms with Gasteiger partial charge >= 0.3 is 0 Å². The van der Waals surface area contributed by atoms with E-state index in [1.165, 1.54) is 12.1 Å². The highest BCUT2D eigenvalue weighted by Gasteiger charge is 2.12. The zero-order chi connectivity index (χ0) is 13.7. The minimum absolute atomic E-state index is 0.0282. The number of hydrogen-bond donors (Lipinski definition) is 1. The molecule has 1 N–H and O–H groups in total. The number of nitrogens with one attached hydrogen (secondary N) is 1. The zero-order valence-electron chi connectivity index (χ0n) is 10.5. The molecule has 19 heavy (non-hydrogen) atoms. The highest BCUT2D eigenvalue weighted by molar-refractivity contribution is 5.64. The molecule has 2 heterocycles. The lowest BCUT2D eigenvalue weighted by atomic mass is 10.1. The smallest absolute Gasteiger partial charge is 0.275 e. The fourth-order valence-corrected chi connectivity index (χ4v) is 1.64. The van der Waals surface area contributed by atoms with E-state index in [-0.39, 0.29) is 5.69 Å². The number of rotatable bonds is 5. The summed E-state index contributed by atoms with van der Waals surface area (Å²) in [7, 11) is 0. The highest BCUT2D eigenvalue weighted by Crippen LogP contribution is 2.24. The van der Waals surface area contributed by atoms with Crippen LogP contribution in [0.25, 0.3) is 11.3 Å². The number of nitro groups is 1. The Hall–Kier alpha value is -2.50. The van der Waals surface area contributed by atoms with Crippen molar-refractivity contribution in [3.8, 4) is 11.3 Å². The Labute approximate surface area is 110 Å². The fourth-order valence-electron chi connectivity index (χ4n) is 1.64. The van der Waals surface area contributed by atoms with Crippen LogP contribution in [0.3, 0.4) is 0 Å². The zero-order valence-corrected chi connectivity index (χ0v) is 10.5. The average Bonchev–Trinajstić information content (AvgIpc) is 2.45. The van der Waals surface area contributed by atoms with Gasteiger partial charge in [0, 0.05) is 30.6 Å². The van der Waals surface area contributed by atoms with Crippen LogP contribution in [0.1, 0.15) is 13.3 Å². The van der Waals surface area contributed by atoms with Crippen LogP contribution >= 0.6 is 0 Å². The second-order valence-electron chi connectivity index (χ2n) is 4.02. The van der Waals surface area contributed by atoms with E-state index >= 15 is 0 Å². The first kappa shape index (κ1) is 12.9. The highest BCUT2D eigenvalue weighted by atomic mass is 16.6. The van der Waals surface area contributed by atoms with Gasteiger partial charge in [-0.25, -0.2) is 4.98 Å². The lowest BCUT2D eigenvalue weighted by Crippen LogP contribution is -2.03. The van der Waals surface area contributed by atoms with Crippen LogP contribution in [0.2, 0.25) is 0 Å². The monoisotopic (exact) mass is 258 g/mol. The molecule has 6 heteroatoms. The van der Waals surface area contributed by atoms with Gasteiger partial charge < -0.3 is 5.32 Å². The summed E-state index contributed by atoms with van der Waals surface area (Å²) in [6.07, 6.45) is 4.19. The molecule has 0 bridgehead atoms. The van der Waals surface area contributed by atoms with E-state index in [0.29, 0.717) is 11.5 Å². The Morgan fingerprint density at radius 1 is 1.32 bits per heavy atom. The predicted molar refractivity (Wildman–Crippen MR) is 72.9 cm³/mol. The molecule has 0 saturated carbocycles. The van der Waals surface area contributed by atoms with Crippen LogP contribution in [0.4, 0.5) is 11.5 Å². The second-order valence-corrected chi connectivity index (χ2v) is 4.02. The van der Waals surface area contributed by atoms with Gasteiger partial charge in [-0.1, -0.05) is 6.92 Å². The van der Waals surface area contributed by atoms with Crippen molar-refractivity contribution in [3.63, 3.8) is 0 Å². The van der Waals surface area contributed by atoms with E-state index < -0.39 is 4.92 Å². The maximum atomic E-state index is 10.9. The van der Waals surface area contributed by atoms with Gasteiger partial charge in [0.05, 0.1) is 16.7 Å². The van der Waals surface area contributed by atoms with E-state index in [0.717, 1.165) is 18.5 Å². The first-order valence-electron chi connectivity index (χ1n) is 6.01. The third kappa shape index (κ3) is 3.25. The summed E-state index contributed by atoms with van der Waals surface area (Å²) in [5.74, 6) is 0.517. The Morgan fingerprint density at radius 3 is 2.68 bits per heavy atom. The standard InChI is InChI=1S/C13H14N4O2/c1-2-5-15-13-9-11(17(18)19)8-12(16-13)10-3-6-14-7-4-10/h3-4,6-9H,2,5H2,1H3,(H,15,16). The topological polar surface area (TPSA) is 81.0 Å². The van der Waals surface area contributed by atoms with Crippen molar-refractivity contribution in [1.82, 2.24) is 9.97 Å². The van der Waals surface area contributed by atoms with Gasteiger partial charge in [0.25, 0.3) is 5.69 Å². The Morgan fingerprint density at radius 2 is 2.05 bits per heavy atom. The van der Waals surface area contributed by atoms with Gasteiger partial charge in [0.2, 0.25) is 0 Å². The second kappa shape index (κ2) is 5.90. The summed E-state index contributed by atoms with van der Waals surface area (Å²) in [4.78, 5) is 18.8. The van der Waals surface area contributed by atoms with Gasteiger partial charge in [-0.3, -0.25) is 15.1 Å². The quantitative estimate of drug-likeness (QED) is 0.658. The summed E-state index contributed by atoms with van der Waals surface area (Å²) in [6, 6.07) is 6.46. The lowest BCUT2D eigenvalue weighted by Gasteiger charge is -2.07. The number of nitrogens with zero attached hydrogens (tertiary/aromatic N) is 3. The van der Waals surface area contributed by atoms with Gasteiger partial charge in [-0.2, -0.15) is 0 Å². The molecule has 0 aromatic carbocycles. The Bertz CT molecular complexity index is 572. The summed E-state index contributed by atoms with van der Waals surface area (Å²) >= 11 is 0. The Kier molecular flexibility index (Phi) is 4.02. The predicted octanol–water partition coefficient (Wildman–Crippen LogP) is 2.87. The molecule has 0 atom stereocenters. The van der Waals surface area contributed by atoms with Crippen molar-refractivity contribution in [2.24, 2.45) is 0 Å². The molecule has 2 aromatic heterocycles. The Balaban J connectivity index is 2.42. The number of anilines is 1. The third-order valence-electron chi connectivity index (χ3n) is 2.55. The largest absolute Gasteiger partial charge is 0.370 e. The first-order valence-corrected chi connectivity index (χ1v) is 6.01. The van der Waals surface area contributed by atoms with E-state index in [4.69, 9.17) is 0 Å². The fraction of sp³-hybridized carbons (Fsp3) is 0.231. The van der Waals surface area contributed by atoms with Crippen LogP contribution in [0.5, 0.6) is 0 Å². The minimum atomic E-state index is -0.413. The molecule has 6 nitrogen and oxygen atoms in total. The van der Waals surface area contributed by atoms with Crippen LogP contribution in [-0.2, 0) is 0 Å². The molecule has 2 aromatic rings. The third-order valence-corrected chi connectivity index (χ3v) is 2.55. The van der Waals surface area contributed by atoms with Crippen molar-refractivity contribution in [2.45, 2.75) is 13.3 Å². The average molecular weight is 258 g/mol. The van der Waals surface area contributed by atoms with Crippen LogP contribution in [0.15, 0.2) is 36.7 Å². The summed E-state index contributed by atoms with van der Waals surface area (Å²) in [6.45, 7) is 2.75. The van der Waals surface area contributed by atoms with E-state index in [1.54, 1.807) is 24.5 Å². The number of aromatic nitrogens is 2. The first-order chi connectivity index (χ1) is 9.20. The van der Waals surface area contributed by atoms with Crippen molar-refractivity contribution in [3.05, 3.63) is 46.8 Å².